The van der Waals surface area contributed by atoms with Crippen LogP contribution in [0.1, 0.15) is 11.1 Å². The highest BCUT2D eigenvalue weighted by Gasteiger charge is 2.31. The minimum absolute atomic E-state index is 0.171. The van der Waals surface area contributed by atoms with Gasteiger partial charge in [0.25, 0.3) is 5.91 Å². The number of hydrogen-bond donors (Lipinski definition) is 1. The number of thiocarbonyl (C=S) groups is 1. The molecule has 25 heavy (non-hydrogen) atoms. The normalized spacial score (nSPS) is 16.0. The summed E-state index contributed by atoms with van der Waals surface area (Å²) in [6, 6.07) is 12.2. The Hall–Kier alpha value is -1.45. The standard InChI is InChI=1S/C18H14FIN2OS2/c1-11-7-14(20)5-6-15(11)21-10-22-17(23)16(25-18(22)24)9-12-3-2-4-13(19)8-12/h2-9,21H,10H2,1H3. The predicted molar refractivity (Wildman–Crippen MR) is 114 cm³/mol. The number of aryl methyl sites for hydroxylation is 1. The van der Waals surface area contributed by atoms with Crippen molar-refractivity contribution in [2.75, 3.05) is 12.0 Å². The highest BCUT2D eigenvalue weighted by molar-refractivity contribution is 14.1. The summed E-state index contributed by atoms with van der Waals surface area (Å²) in [5.74, 6) is -0.505. The summed E-state index contributed by atoms with van der Waals surface area (Å²) in [4.78, 5) is 14.6. The first-order chi connectivity index (χ1) is 11.9. The van der Waals surface area contributed by atoms with Gasteiger partial charge in [-0.15, -0.1) is 0 Å². The van der Waals surface area contributed by atoms with Crippen molar-refractivity contribution >= 4 is 68.6 Å². The first-order valence-corrected chi connectivity index (χ1v) is 9.75. The van der Waals surface area contributed by atoms with Gasteiger partial charge >= 0.3 is 0 Å². The van der Waals surface area contributed by atoms with Crippen LogP contribution in [0.3, 0.4) is 0 Å². The molecule has 1 aliphatic rings. The van der Waals surface area contributed by atoms with Crippen LogP contribution >= 0.6 is 46.6 Å². The summed E-state index contributed by atoms with van der Waals surface area (Å²) in [6.07, 6.45) is 1.67. The second-order valence-electron chi connectivity index (χ2n) is 5.46. The summed E-state index contributed by atoms with van der Waals surface area (Å²) < 4.78 is 14.9. The van der Waals surface area contributed by atoms with Crippen molar-refractivity contribution in [3.05, 3.63) is 67.9 Å². The van der Waals surface area contributed by atoms with Crippen LogP contribution in [0.4, 0.5) is 10.1 Å². The molecule has 0 bridgehead atoms. The zero-order valence-electron chi connectivity index (χ0n) is 13.3. The number of carbonyl (C=O) groups excluding carboxylic acids is 1. The molecule has 0 radical (unpaired) electrons. The summed E-state index contributed by atoms with van der Waals surface area (Å²) in [5, 5.41) is 3.25. The second kappa shape index (κ2) is 7.84. The van der Waals surface area contributed by atoms with Crippen molar-refractivity contribution in [2.45, 2.75) is 6.92 Å². The number of halogens is 2. The Bertz CT molecular complexity index is 885. The van der Waals surface area contributed by atoms with E-state index in [2.05, 4.69) is 34.0 Å². The van der Waals surface area contributed by atoms with Crippen molar-refractivity contribution in [3.63, 3.8) is 0 Å². The van der Waals surface area contributed by atoms with E-state index in [1.54, 1.807) is 18.2 Å². The Morgan fingerprint density at radius 3 is 2.84 bits per heavy atom. The van der Waals surface area contributed by atoms with Gasteiger partial charge < -0.3 is 5.32 Å². The van der Waals surface area contributed by atoms with E-state index < -0.39 is 0 Å². The molecular formula is C18H14FIN2OS2. The number of rotatable bonds is 4. The summed E-state index contributed by atoms with van der Waals surface area (Å²) >= 11 is 8.81. The number of anilines is 1. The number of nitrogens with zero attached hydrogens (tertiary/aromatic N) is 1. The first-order valence-electron chi connectivity index (χ1n) is 7.45. The van der Waals surface area contributed by atoms with Crippen molar-refractivity contribution in [1.29, 1.82) is 0 Å². The fourth-order valence-corrected chi connectivity index (χ4v) is 4.28. The number of carbonyl (C=O) groups is 1. The third-order valence-corrected chi connectivity index (χ3v) is 5.68. The lowest BCUT2D eigenvalue weighted by Gasteiger charge is -2.17. The van der Waals surface area contributed by atoms with E-state index in [4.69, 9.17) is 12.2 Å². The summed E-state index contributed by atoms with van der Waals surface area (Å²) in [6.45, 7) is 2.31. The van der Waals surface area contributed by atoms with Crippen LogP contribution in [0, 0.1) is 16.3 Å². The van der Waals surface area contributed by atoms with Crippen molar-refractivity contribution in [1.82, 2.24) is 4.90 Å². The molecule has 0 saturated carbocycles. The molecule has 1 aliphatic heterocycles. The summed E-state index contributed by atoms with van der Waals surface area (Å²) in [5.41, 5.74) is 2.71. The molecule has 128 valence electrons. The van der Waals surface area contributed by atoms with Gasteiger partial charge in [0.05, 0.1) is 11.6 Å². The first kappa shape index (κ1) is 18.3. The van der Waals surface area contributed by atoms with E-state index in [1.807, 2.05) is 19.1 Å². The van der Waals surface area contributed by atoms with E-state index in [1.165, 1.54) is 28.8 Å². The Labute approximate surface area is 168 Å². The molecule has 0 atom stereocenters. The maximum atomic E-state index is 13.3. The minimum atomic E-state index is -0.333. The predicted octanol–water partition coefficient (Wildman–Crippen LogP) is 5.01. The summed E-state index contributed by atoms with van der Waals surface area (Å²) in [7, 11) is 0. The average Bonchev–Trinajstić information content (AvgIpc) is 2.81. The van der Waals surface area contributed by atoms with Gasteiger partial charge in [-0.2, -0.15) is 0 Å². The molecule has 3 nitrogen and oxygen atoms in total. The molecule has 0 spiro atoms. The van der Waals surface area contributed by atoms with E-state index in [9.17, 15) is 9.18 Å². The number of hydrogen-bond acceptors (Lipinski definition) is 4. The Morgan fingerprint density at radius 1 is 1.32 bits per heavy atom. The third kappa shape index (κ3) is 4.39. The topological polar surface area (TPSA) is 32.3 Å². The van der Waals surface area contributed by atoms with Gasteiger partial charge in [-0.25, -0.2) is 4.39 Å². The molecular weight excluding hydrogens is 470 g/mol. The van der Waals surface area contributed by atoms with Crippen LogP contribution in [0.25, 0.3) is 6.08 Å². The fourth-order valence-electron chi connectivity index (χ4n) is 2.37. The molecule has 0 aliphatic carbocycles. The van der Waals surface area contributed by atoms with Crippen molar-refractivity contribution in [3.8, 4) is 0 Å². The van der Waals surface area contributed by atoms with Gasteiger partial charge in [0.2, 0.25) is 0 Å². The van der Waals surface area contributed by atoms with Crippen molar-refractivity contribution < 1.29 is 9.18 Å². The smallest absolute Gasteiger partial charge is 0.267 e. The zero-order valence-corrected chi connectivity index (χ0v) is 17.0. The van der Waals surface area contributed by atoms with Crippen LogP contribution in [0.2, 0.25) is 0 Å². The lowest BCUT2D eigenvalue weighted by molar-refractivity contribution is -0.121. The van der Waals surface area contributed by atoms with Crippen LogP contribution in [-0.4, -0.2) is 21.8 Å². The van der Waals surface area contributed by atoms with E-state index >= 15 is 0 Å². The van der Waals surface area contributed by atoms with Crippen molar-refractivity contribution in [2.24, 2.45) is 0 Å². The number of nitrogens with one attached hydrogen (secondary N) is 1. The van der Waals surface area contributed by atoms with E-state index in [0.29, 0.717) is 21.5 Å². The molecule has 1 N–H and O–H groups in total. The highest BCUT2D eigenvalue weighted by Crippen LogP contribution is 2.32. The number of amides is 1. The zero-order chi connectivity index (χ0) is 18.0. The SMILES string of the molecule is Cc1cc(I)ccc1NCN1C(=O)C(=Cc2cccc(F)c2)SC1=S. The van der Waals surface area contributed by atoms with E-state index in [-0.39, 0.29) is 11.7 Å². The molecule has 0 unspecified atom stereocenters. The quantitative estimate of drug-likeness (QED) is 0.376. The fraction of sp³-hybridized carbons (Fsp3) is 0.111. The maximum Gasteiger partial charge on any atom is 0.267 e. The molecule has 3 rings (SSSR count). The molecule has 1 amide bonds. The highest BCUT2D eigenvalue weighted by atomic mass is 127. The molecule has 1 fully saturated rings. The lowest BCUT2D eigenvalue weighted by Crippen LogP contribution is -2.33. The van der Waals surface area contributed by atoms with Gasteiger partial charge in [0.15, 0.2) is 0 Å². The van der Waals surface area contributed by atoms with Crippen LogP contribution in [0.5, 0.6) is 0 Å². The molecule has 1 saturated heterocycles. The van der Waals surface area contributed by atoms with Crippen LogP contribution in [0.15, 0.2) is 47.4 Å². The Balaban J connectivity index is 1.73. The number of thioether (sulfide) groups is 1. The largest absolute Gasteiger partial charge is 0.367 e. The average molecular weight is 484 g/mol. The minimum Gasteiger partial charge on any atom is -0.367 e. The van der Waals surface area contributed by atoms with Crippen LogP contribution in [-0.2, 0) is 4.79 Å². The second-order valence-corrected chi connectivity index (χ2v) is 8.38. The van der Waals surface area contributed by atoms with Crippen LogP contribution < -0.4 is 5.32 Å². The lowest BCUT2D eigenvalue weighted by atomic mass is 10.2. The molecule has 2 aromatic rings. The maximum absolute atomic E-state index is 13.3. The van der Waals surface area contributed by atoms with Gasteiger partial charge in [-0.1, -0.05) is 36.1 Å². The van der Waals surface area contributed by atoms with Gasteiger partial charge in [-0.3, -0.25) is 9.69 Å². The Morgan fingerprint density at radius 2 is 2.12 bits per heavy atom. The van der Waals surface area contributed by atoms with Gasteiger partial charge in [0.1, 0.15) is 10.1 Å². The third-order valence-electron chi connectivity index (χ3n) is 3.64. The Kier molecular flexibility index (Phi) is 5.75. The molecule has 0 aromatic heterocycles. The van der Waals surface area contributed by atoms with E-state index in [0.717, 1.165) is 14.8 Å². The van der Waals surface area contributed by atoms with Gasteiger partial charge in [0, 0.05) is 9.26 Å². The monoisotopic (exact) mass is 484 g/mol. The molecule has 2 aromatic carbocycles. The molecule has 1 heterocycles. The number of benzene rings is 2. The van der Waals surface area contributed by atoms with Gasteiger partial charge in [-0.05, 0) is 77.0 Å². The molecule has 7 heteroatoms.